The first-order chi connectivity index (χ1) is 11.8. The van der Waals surface area contributed by atoms with Crippen molar-refractivity contribution in [3.8, 4) is 0 Å². The summed E-state index contributed by atoms with van der Waals surface area (Å²) in [7, 11) is 0. The molecule has 1 N–H and O–H groups in total. The summed E-state index contributed by atoms with van der Waals surface area (Å²) in [6, 6.07) is 8.09. The molecular formula is C19H28ClN3O2. The number of rotatable bonds is 7. The molecule has 1 aliphatic heterocycles. The quantitative estimate of drug-likeness (QED) is 0.808. The monoisotopic (exact) mass is 365 g/mol. The average Bonchev–Trinajstić information content (AvgIpc) is 2.93. The third-order valence-corrected chi connectivity index (χ3v) is 4.95. The minimum Gasteiger partial charge on any atom is -0.355 e. The molecule has 1 aromatic rings. The third kappa shape index (κ3) is 4.95. The molecule has 1 aromatic carbocycles. The molecule has 1 fully saturated rings. The van der Waals surface area contributed by atoms with Crippen LogP contribution < -0.4 is 10.2 Å². The van der Waals surface area contributed by atoms with E-state index in [0.29, 0.717) is 35.9 Å². The van der Waals surface area contributed by atoms with Gasteiger partial charge in [-0.2, -0.15) is 0 Å². The highest BCUT2D eigenvalue weighted by atomic mass is 35.5. The Morgan fingerprint density at radius 1 is 1.28 bits per heavy atom. The van der Waals surface area contributed by atoms with Crippen molar-refractivity contribution in [2.75, 3.05) is 24.5 Å². The van der Waals surface area contributed by atoms with Crippen molar-refractivity contribution in [2.24, 2.45) is 5.92 Å². The zero-order chi connectivity index (χ0) is 18.6. The van der Waals surface area contributed by atoms with Gasteiger partial charge in [0, 0.05) is 38.1 Å². The van der Waals surface area contributed by atoms with E-state index in [9.17, 15) is 9.59 Å². The summed E-state index contributed by atoms with van der Waals surface area (Å²) < 4.78 is 0. The van der Waals surface area contributed by atoms with Gasteiger partial charge in [0.15, 0.2) is 0 Å². The molecule has 0 unspecified atom stereocenters. The van der Waals surface area contributed by atoms with E-state index in [4.69, 9.17) is 11.6 Å². The smallest absolute Gasteiger partial charge is 0.227 e. The van der Waals surface area contributed by atoms with Crippen molar-refractivity contribution in [3.05, 3.63) is 29.3 Å². The number of amides is 2. The van der Waals surface area contributed by atoms with Crippen LogP contribution in [0.3, 0.4) is 0 Å². The molecule has 0 radical (unpaired) electrons. The lowest BCUT2D eigenvalue weighted by molar-refractivity contribution is -0.126. The van der Waals surface area contributed by atoms with Gasteiger partial charge in [-0.05, 0) is 39.8 Å². The Morgan fingerprint density at radius 3 is 2.52 bits per heavy atom. The van der Waals surface area contributed by atoms with Gasteiger partial charge in [-0.25, -0.2) is 0 Å². The molecule has 1 saturated heterocycles. The van der Waals surface area contributed by atoms with Crippen molar-refractivity contribution in [1.82, 2.24) is 10.2 Å². The van der Waals surface area contributed by atoms with Gasteiger partial charge in [-0.1, -0.05) is 23.7 Å². The first kappa shape index (κ1) is 19.7. The van der Waals surface area contributed by atoms with Crippen molar-refractivity contribution in [2.45, 2.75) is 46.2 Å². The van der Waals surface area contributed by atoms with Gasteiger partial charge < -0.3 is 10.2 Å². The second kappa shape index (κ2) is 8.68. The van der Waals surface area contributed by atoms with E-state index in [2.05, 4.69) is 37.9 Å². The van der Waals surface area contributed by atoms with Crippen molar-refractivity contribution < 1.29 is 9.59 Å². The average molecular weight is 366 g/mol. The summed E-state index contributed by atoms with van der Waals surface area (Å²) in [5.41, 5.74) is 0.676. The van der Waals surface area contributed by atoms with Gasteiger partial charge in [0.25, 0.3) is 0 Å². The van der Waals surface area contributed by atoms with E-state index < -0.39 is 0 Å². The minimum atomic E-state index is -0.324. The molecule has 2 amide bonds. The van der Waals surface area contributed by atoms with Crippen molar-refractivity contribution in [3.63, 3.8) is 0 Å². The fraction of sp³-hybridized carbons (Fsp3) is 0.579. The predicted molar refractivity (Wildman–Crippen MR) is 102 cm³/mol. The molecular weight excluding hydrogens is 338 g/mol. The second-order valence-electron chi connectivity index (χ2n) is 7.07. The maximum atomic E-state index is 12.4. The first-order valence-electron chi connectivity index (χ1n) is 8.89. The second-order valence-corrected chi connectivity index (χ2v) is 7.48. The number of anilines is 1. The Morgan fingerprint density at radius 2 is 1.92 bits per heavy atom. The Balaban J connectivity index is 1.89. The van der Waals surface area contributed by atoms with Gasteiger partial charge >= 0.3 is 0 Å². The fourth-order valence-electron chi connectivity index (χ4n) is 3.35. The van der Waals surface area contributed by atoms with Gasteiger partial charge in [0.05, 0.1) is 16.6 Å². The van der Waals surface area contributed by atoms with Crippen LogP contribution in [0.5, 0.6) is 0 Å². The number of hydrogen-bond acceptors (Lipinski definition) is 3. The number of carbonyl (C=O) groups excluding carboxylic acids is 2. The lowest BCUT2D eigenvalue weighted by atomic mass is 10.1. The van der Waals surface area contributed by atoms with Crippen LogP contribution in [0, 0.1) is 5.92 Å². The third-order valence-electron chi connectivity index (χ3n) is 4.63. The topological polar surface area (TPSA) is 52.7 Å². The van der Waals surface area contributed by atoms with Crippen LogP contribution >= 0.6 is 11.6 Å². The highest BCUT2D eigenvalue weighted by molar-refractivity contribution is 6.33. The first-order valence-corrected chi connectivity index (χ1v) is 9.27. The molecule has 1 atom stereocenters. The zero-order valence-corrected chi connectivity index (χ0v) is 16.2. The van der Waals surface area contributed by atoms with Crippen LogP contribution in [0.15, 0.2) is 24.3 Å². The lowest BCUT2D eigenvalue weighted by Gasteiger charge is -2.30. The number of nitrogens with zero attached hydrogens (tertiary/aromatic N) is 2. The van der Waals surface area contributed by atoms with Gasteiger partial charge in [-0.3, -0.25) is 14.5 Å². The number of benzene rings is 1. The van der Waals surface area contributed by atoms with Crippen LogP contribution in [-0.4, -0.2) is 48.4 Å². The number of nitrogens with one attached hydrogen (secondary N) is 1. The van der Waals surface area contributed by atoms with Crippen LogP contribution in [0.2, 0.25) is 5.02 Å². The number of para-hydroxylation sites is 1. The van der Waals surface area contributed by atoms with Crippen molar-refractivity contribution in [1.29, 1.82) is 0 Å². The highest BCUT2D eigenvalue weighted by Crippen LogP contribution is 2.30. The summed E-state index contributed by atoms with van der Waals surface area (Å²) >= 11 is 6.17. The normalized spacial score (nSPS) is 17.8. The van der Waals surface area contributed by atoms with Gasteiger partial charge in [0.1, 0.15) is 0 Å². The zero-order valence-electron chi connectivity index (χ0n) is 15.5. The fourth-order valence-corrected chi connectivity index (χ4v) is 3.59. The summed E-state index contributed by atoms with van der Waals surface area (Å²) in [4.78, 5) is 28.7. The molecule has 0 aromatic heterocycles. The van der Waals surface area contributed by atoms with Crippen molar-refractivity contribution >= 4 is 29.1 Å². The number of halogens is 1. The molecule has 6 heteroatoms. The van der Waals surface area contributed by atoms with Crippen LogP contribution in [0.25, 0.3) is 0 Å². The Kier molecular flexibility index (Phi) is 6.85. The van der Waals surface area contributed by atoms with Gasteiger partial charge in [0.2, 0.25) is 11.8 Å². The molecule has 0 aliphatic carbocycles. The maximum Gasteiger partial charge on any atom is 0.227 e. The number of carbonyl (C=O) groups is 2. The van der Waals surface area contributed by atoms with E-state index in [1.54, 1.807) is 11.0 Å². The van der Waals surface area contributed by atoms with Crippen LogP contribution in [-0.2, 0) is 9.59 Å². The predicted octanol–water partition coefficient (Wildman–Crippen LogP) is 2.93. The lowest BCUT2D eigenvalue weighted by Crippen LogP contribution is -2.43. The molecule has 1 heterocycles. The molecule has 5 nitrogen and oxygen atoms in total. The maximum absolute atomic E-state index is 12.4. The molecule has 2 rings (SSSR count). The van der Waals surface area contributed by atoms with E-state index in [0.717, 1.165) is 6.54 Å². The van der Waals surface area contributed by atoms with Crippen LogP contribution in [0.4, 0.5) is 5.69 Å². The van der Waals surface area contributed by atoms with E-state index in [1.807, 2.05) is 18.2 Å². The Labute approximate surface area is 155 Å². The largest absolute Gasteiger partial charge is 0.355 e. The molecule has 0 spiro atoms. The number of hydrogen-bond donors (Lipinski definition) is 1. The highest BCUT2D eigenvalue weighted by Gasteiger charge is 2.35. The summed E-state index contributed by atoms with van der Waals surface area (Å²) in [6.07, 6.45) is 0.231. The molecule has 1 aliphatic rings. The minimum absolute atomic E-state index is 0.0563. The van der Waals surface area contributed by atoms with Gasteiger partial charge in [-0.15, -0.1) is 0 Å². The summed E-state index contributed by atoms with van der Waals surface area (Å²) in [5, 5.41) is 3.51. The van der Waals surface area contributed by atoms with E-state index in [-0.39, 0.29) is 24.2 Å². The summed E-state index contributed by atoms with van der Waals surface area (Å²) in [6.45, 7) is 10.4. The van der Waals surface area contributed by atoms with E-state index >= 15 is 0 Å². The molecule has 0 saturated carbocycles. The summed E-state index contributed by atoms with van der Waals surface area (Å²) in [5.74, 6) is -0.440. The standard InChI is InChI=1S/C19H28ClN3O2/c1-13(2)22(14(3)4)10-9-21-19(25)15-11-18(24)23(12-15)17-8-6-5-7-16(17)20/h5-8,13-15H,9-12H2,1-4H3,(H,21,25)/t15-/m0/s1. The molecule has 138 valence electrons. The van der Waals surface area contributed by atoms with E-state index in [1.165, 1.54) is 0 Å². The SMILES string of the molecule is CC(C)N(CCNC(=O)[C@H]1CC(=O)N(c2ccccc2Cl)C1)C(C)C. The van der Waals surface area contributed by atoms with Crippen LogP contribution in [0.1, 0.15) is 34.1 Å². The molecule has 25 heavy (non-hydrogen) atoms. The Hall–Kier alpha value is -1.59. The Bertz CT molecular complexity index is 610. The molecule has 0 bridgehead atoms.